The summed E-state index contributed by atoms with van der Waals surface area (Å²) in [6.07, 6.45) is 1.79. The van der Waals surface area contributed by atoms with Gasteiger partial charge >= 0.3 is 0 Å². The largest absolute Gasteiger partial charge is 0.496 e. The molecule has 0 N–H and O–H groups in total. The summed E-state index contributed by atoms with van der Waals surface area (Å²) in [6, 6.07) is 7.71. The van der Waals surface area contributed by atoms with Crippen molar-refractivity contribution in [1.29, 1.82) is 0 Å². The van der Waals surface area contributed by atoms with E-state index in [9.17, 15) is 4.79 Å². The Morgan fingerprint density at radius 2 is 2.12 bits per heavy atom. The van der Waals surface area contributed by atoms with Crippen LogP contribution >= 0.6 is 23.4 Å². The lowest BCUT2D eigenvalue weighted by atomic mass is 10.1. The first-order valence-electron chi connectivity index (χ1n) is 7.97. The van der Waals surface area contributed by atoms with Gasteiger partial charge < -0.3 is 9.64 Å². The van der Waals surface area contributed by atoms with Crippen LogP contribution in [0.4, 0.5) is 0 Å². The first-order chi connectivity index (χ1) is 11.9. The summed E-state index contributed by atoms with van der Waals surface area (Å²) in [7, 11) is 3.45. The molecule has 0 saturated carbocycles. The average Bonchev–Trinajstić information content (AvgIpc) is 2.58. The average molecular weight is 379 g/mol. The van der Waals surface area contributed by atoms with E-state index >= 15 is 0 Å². The highest BCUT2D eigenvalue weighted by Crippen LogP contribution is 2.24. The highest BCUT2D eigenvalue weighted by atomic mass is 35.5. The van der Waals surface area contributed by atoms with Crippen LogP contribution in [0.25, 0.3) is 0 Å². The van der Waals surface area contributed by atoms with Crippen LogP contribution < -0.4 is 4.74 Å². The third-order valence-electron chi connectivity index (χ3n) is 3.95. The lowest BCUT2D eigenvalue weighted by molar-refractivity contribution is -0.127. The number of amides is 1. The topological polar surface area (TPSA) is 42.4 Å². The second kappa shape index (κ2) is 9.11. The van der Waals surface area contributed by atoms with Crippen molar-refractivity contribution in [2.75, 3.05) is 19.9 Å². The van der Waals surface area contributed by atoms with E-state index in [2.05, 4.69) is 4.98 Å². The van der Waals surface area contributed by atoms with Crippen LogP contribution in [0.2, 0.25) is 5.02 Å². The maximum Gasteiger partial charge on any atom is 0.232 e. The number of ether oxygens (including phenoxy) is 1. The first kappa shape index (κ1) is 19.6. The van der Waals surface area contributed by atoms with E-state index in [-0.39, 0.29) is 5.91 Å². The Labute approximate surface area is 158 Å². The minimum atomic E-state index is 0.0766. The van der Waals surface area contributed by atoms with Gasteiger partial charge in [-0.3, -0.25) is 9.78 Å². The molecule has 0 aliphatic carbocycles. The third kappa shape index (κ3) is 5.38. The molecule has 0 aliphatic heterocycles. The Kier molecular flexibility index (Phi) is 7.14. The van der Waals surface area contributed by atoms with Crippen LogP contribution in [0.3, 0.4) is 0 Å². The molecule has 1 amide bonds. The molecule has 1 aromatic carbocycles. The van der Waals surface area contributed by atoms with E-state index in [4.69, 9.17) is 16.3 Å². The van der Waals surface area contributed by atoms with E-state index in [0.29, 0.717) is 12.3 Å². The van der Waals surface area contributed by atoms with Crippen molar-refractivity contribution in [2.45, 2.75) is 26.1 Å². The third-order valence-corrected chi connectivity index (χ3v) is 5.17. The summed E-state index contributed by atoms with van der Waals surface area (Å²) >= 11 is 7.56. The van der Waals surface area contributed by atoms with Crippen molar-refractivity contribution in [2.24, 2.45) is 0 Å². The van der Waals surface area contributed by atoms with Gasteiger partial charge in [0, 0.05) is 35.1 Å². The van der Waals surface area contributed by atoms with Crippen LogP contribution in [-0.2, 0) is 17.1 Å². The van der Waals surface area contributed by atoms with Crippen molar-refractivity contribution in [3.05, 3.63) is 57.9 Å². The van der Waals surface area contributed by atoms with Crippen molar-refractivity contribution in [3.8, 4) is 5.75 Å². The standard InChI is InChI=1S/C19H23ClN2O2S/c1-13-9-21-17(14(2)19(13)24-4)10-22(3)18(23)12-25-11-15-6-5-7-16(20)8-15/h5-9H,10-12H2,1-4H3. The number of rotatable bonds is 7. The molecule has 0 radical (unpaired) electrons. The number of hydrogen-bond donors (Lipinski definition) is 0. The molecule has 1 heterocycles. The lowest BCUT2D eigenvalue weighted by Crippen LogP contribution is -2.28. The van der Waals surface area contributed by atoms with Crippen molar-refractivity contribution < 1.29 is 9.53 Å². The highest BCUT2D eigenvalue weighted by Gasteiger charge is 2.14. The minimum absolute atomic E-state index is 0.0766. The van der Waals surface area contributed by atoms with E-state index < -0.39 is 0 Å². The van der Waals surface area contributed by atoms with Gasteiger partial charge in [0.2, 0.25) is 5.91 Å². The fourth-order valence-corrected chi connectivity index (χ4v) is 3.66. The molecular weight excluding hydrogens is 356 g/mol. The fraction of sp³-hybridized carbons (Fsp3) is 0.368. The van der Waals surface area contributed by atoms with Gasteiger partial charge in [-0.25, -0.2) is 0 Å². The van der Waals surface area contributed by atoms with Crippen LogP contribution in [0, 0.1) is 13.8 Å². The summed E-state index contributed by atoms with van der Waals surface area (Å²) < 4.78 is 5.42. The number of aryl methyl sites for hydroxylation is 1. The SMILES string of the molecule is COc1c(C)cnc(CN(C)C(=O)CSCc2cccc(Cl)c2)c1C. The number of carbonyl (C=O) groups excluding carboxylic acids is 1. The van der Waals surface area contributed by atoms with E-state index in [1.54, 1.807) is 37.0 Å². The molecule has 0 atom stereocenters. The number of thioether (sulfide) groups is 1. The summed E-state index contributed by atoms with van der Waals surface area (Å²) in [6.45, 7) is 4.41. The molecule has 2 aromatic rings. The number of nitrogens with zero attached hydrogens (tertiary/aromatic N) is 2. The predicted molar refractivity (Wildman–Crippen MR) is 104 cm³/mol. The molecular formula is C19H23ClN2O2S. The first-order valence-corrected chi connectivity index (χ1v) is 9.51. The molecule has 25 heavy (non-hydrogen) atoms. The Morgan fingerprint density at radius 1 is 1.36 bits per heavy atom. The van der Waals surface area contributed by atoms with Crippen LogP contribution in [-0.4, -0.2) is 35.7 Å². The van der Waals surface area contributed by atoms with Gasteiger partial charge in [0.05, 0.1) is 25.1 Å². The highest BCUT2D eigenvalue weighted by molar-refractivity contribution is 7.99. The van der Waals surface area contributed by atoms with Gasteiger partial charge in [-0.15, -0.1) is 11.8 Å². The summed E-state index contributed by atoms with van der Waals surface area (Å²) in [5, 5.41) is 0.719. The van der Waals surface area contributed by atoms with E-state index in [0.717, 1.165) is 38.9 Å². The van der Waals surface area contributed by atoms with Gasteiger partial charge in [0.25, 0.3) is 0 Å². The van der Waals surface area contributed by atoms with Crippen molar-refractivity contribution in [1.82, 2.24) is 9.88 Å². The number of methoxy groups -OCH3 is 1. The summed E-state index contributed by atoms with van der Waals surface area (Å²) in [5.41, 5.74) is 3.95. The van der Waals surface area contributed by atoms with E-state index in [1.807, 2.05) is 38.1 Å². The lowest BCUT2D eigenvalue weighted by Gasteiger charge is -2.19. The zero-order chi connectivity index (χ0) is 18.4. The second-order valence-electron chi connectivity index (χ2n) is 5.92. The normalized spacial score (nSPS) is 10.6. The van der Waals surface area contributed by atoms with Gasteiger partial charge in [0.15, 0.2) is 0 Å². The molecule has 134 valence electrons. The van der Waals surface area contributed by atoms with Crippen LogP contribution in [0.1, 0.15) is 22.4 Å². The van der Waals surface area contributed by atoms with Gasteiger partial charge in [0.1, 0.15) is 5.75 Å². The van der Waals surface area contributed by atoms with E-state index in [1.165, 1.54) is 0 Å². The maximum absolute atomic E-state index is 12.4. The number of halogens is 1. The number of aromatic nitrogens is 1. The molecule has 1 aromatic heterocycles. The monoisotopic (exact) mass is 378 g/mol. The smallest absolute Gasteiger partial charge is 0.232 e. The number of hydrogen-bond acceptors (Lipinski definition) is 4. The Balaban J connectivity index is 1.90. The van der Waals surface area contributed by atoms with Crippen molar-refractivity contribution >= 4 is 29.3 Å². The van der Waals surface area contributed by atoms with Crippen LogP contribution in [0.15, 0.2) is 30.5 Å². The molecule has 0 bridgehead atoms. The molecule has 0 spiro atoms. The van der Waals surface area contributed by atoms with Crippen molar-refractivity contribution in [3.63, 3.8) is 0 Å². The molecule has 0 aliphatic rings. The second-order valence-corrected chi connectivity index (χ2v) is 7.34. The predicted octanol–water partition coefficient (Wildman–Crippen LogP) is 4.25. The molecule has 0 unspecified atom stereocenters. The quantitative estimate of drug-likeness (QED) is 0.722. The van der Waals surface area contributed by atoms with Gasteiger partial charge in [-0.05, 0) is 31.5 Å². The van der Waals surface area contributed by atoms with Gasteiger partial charge in [-0.1, -0.05) is 23.7 Å². The Bertz CT molecular complexity index is 752. The summed E-state index contributed by atoms with van der Waals surface area (Å²) in [5.74, 6) is 2.09. The number of carbonyl (C=O) groups is 1. The number of pyridine rings is 1. The zero-order valence-corrected chi connectivity index (χ0v) is 16.6. The molecule has 4 nitrogen and oxygen atoms in total. The van der Waals surface area contributed by atoms with Crippen LogP contribution in [0.5, 0.6) is 5.75 Å². The Morgan fingerprint density at radius 3 is 2.80 bits per heavy atom. The minimum Gasteiger partial charge on any atom is -0.496 e. The molecule has 2 rings (SSSR count). The maximum atomic E-state index is 12.4. The Hall–Kier alpha value is -1.72. The molecule has 0 saturated heterocycles. The zero-order valence-electron chi connectivity index (χ0n) is 15.0. The molecule has 6 heteroatoms. The fourth-order valence-electron chi connectivity index (χ4n) is 2.54. The molecule has 0 fully saturated rings. The summed E-state index contributed by atoms with van der Waals surface area (Å²) in [4.78, 5) is 18.5. The number of benzene rings is 1. The van der Waals surface area contributed by atoms with Gasteiger partial charge in [-0.2, -0.15) is 0 Å².